The predicted molar refractivity (Wildman–Crippen MR) is 114 cm³/mol. The van der Waals surface area contributed by atoms with Crippen molar-refractivity contribution in [1.82, 2.24) is 20.2 Å². The quantitative estimate of drug-likeness (QED) is 0.807. The molecule has 1 aliphatic carbocycles. The van der Waals surface area contributed by atoms with Crippen LogP contribution in [-0.4, -0.2) is 46.6 Å². The minimum Gasteiger partial charge on any atom is -0.453 e. The number of fused-ring (bicyclic) bond motifs is 3. The number of likely N-dealkylation sites (tertiary alicyclic amines) is 1. The zero-order valence-electron chi connectivity index (χ0n) is 18.1. The monoisotopic (exact) mass is 410 g/mol. The number of alkyl carbamates (subject to hydrolysis) is 1. The fourth-order valence-electron chi connectivity index (χ4n) is 4.60. The number of hydrogen-bond acceptors (Lipinski definition) is 4. The molecule has 7 nitrogen and oxygen atoms in total. The smallest absolute Gasteiger partial charge is 0.407 e. The van der Waals surface area contributed by atoms with Gasteiger partial charge in [-0.05, 0) is 44.1 Å². The SMILES string of the molecule is COC(=O)N[C@H](C(=O)N1CCC[C@H]1c1nc2c([nH]1)CCc1cc(C)ccc1-2)C(C)C. The van der Waals surface area contributed by atoms with Crippen molar-refractivity contribution < 1.29 is 14.3 Å². The number of hydrogen-bond donors (Lipinski definition) is 2. The van der Waals surface area contributed by atoms with E-state index < -0.39 is 12.1 Å². The minimum absolute atomic E-state index is 0.0437. The van der Waals surface area contributed by atoms with Crippen molar-refractivity contribution in [3.05, 3.63) is 40.8 Å². The van der Waals surface area contributed by atoms with Gasteiger partial charge in [0.2, 0.25) is 5.91 Å². The van der Waals surface area contributed by atoms with Crippen molar-refractivity contribution in [1.29, 1.82) is 0 Å². The van der Waals surface area contributed by atoms with Gasteiger partial charge in [-0.3, -0.25) is 4.79 Å². The van der Waals surface area contributed by atoms with Gasteiger partial charge in [-0.25, -0.2) is 9.78 Å². The molecule has 1 aliphatic heterocycles. The summed E-state index contributed by atoms with van der Waals surface area (Å²) in [4.78, 5) is 35.4. The number of aryl methyl sites for hydroxylation is 3. The number of ether oxygens (including phenoxy) is 1. The van der Waals surface area contributed by atoms with Gasteiger partial charge in [0.15, 0.2) is 0 Å². The molecule has 0 saturated carbocycles. The molecule has 2 atom stereocenters. The third-order valence-corrected chi connectivity index (χ3v) is 6.20. The maximum absolute atomic E-state index is 13.3. The Balaban J connectivity index is 1.61. The zero-order valence-corrected chi connectivity index (χ0v) is 18.1. The molecule has 160 valence electrons. The van der Waals surface area contributed by atoms with E-state index >= 15 is 0 Å². The van der Waals surface area contributed by atoms with Crippen LogP contribution in [0.25, 0.3) is 11.3 Å². The van der Waals surface area contributed by atoms with E-state index in [4.69, 9.17) is 9.72 Å². The average Bonchev–Trinajstić information content (AvgIpc) is 3.37. The number of rotatable bonds is 4. The highest BCUT2D eigenvalue weighted by molar-refractivity contribution is 5.86. The number of methoxy groups -OCH3 is 1. The van der Waals surface area contributed by atoms with Crippen molar-refractivity contribution in [3.8, 4) is 11.3 Å². The van der Waals surface area contributed by atoms with Gasteiger partial charge >= 0.3 is 6.09 Å². The first-order valence-corrected chi connectivity index (χ1v) is 10.7. The van der Waals surface area contributed by atoms with Crippen molar-refractivity contribution in [2.75, 3.05) is 13.7 Å². The number of H-pyrrole nitrogens is 1. The molecule has 7 heteroatoms. The fourth-order valence-corrected chi connectivity index (χ4v) is 4.60. The van der Waals surface area contributed by atoms with Gasteiger partial charge in [0.05, 0.1) is 18.8 Å². The molecule has 2 aromatic rings. The van der Waals surface area contributed by atoms with Crippen LogP contribution in [0.15, 0.2) is 18.2 Å². The van der Waals surface area contributed by atoms with Gasteiger partial charge in [0.25, 0.3) is 0 Å². The third kappa shape index (κ3) is 3.68. The van der Waals surface area contributed by atoms with Gasteiger partial charge in [-0.2, -0.15) is 0 Å². The lowest BCUT2D eigenvalue weighted by atomic mass is 9.91. The lowest BCUT2D eigenvalue weighted by Gasteiger charge is -2.30. The Morgan fingerprint density at radius 2 is 2.10 bits per heavy atom. The van der Waals surface area contributed by atoms with Gasteiger partial charge in [-0.1, -0.05) is 37.6 Å². The number of nitrogens with one attached hydrogen (secondary N) is 2. The molecule has 0 bridgehead atoms. The molecule has 1 saturated heterocycles. The summed E-state index contributed by atoms with van der Waals surface area (Å²) in [6.45, 7) is 6.63. The van der Waals surface area contributed by atoms with E-state index in [9.17, 15) is 9.59 Å². The Kier molecular flexibility index (Phi) is 5.54. The van der Waals surface area contributed by atoms with E-state index in [2.05, 4.69) is 35.4 Å². The zero-order chi connectivity index (χ0) is 21.4. The highest BCUT2D eigenvalue weighted by Crippen LogP contribution is 2.37. The summed E-state index contributed by atoms with van der Waals surface area (Å²) in [5.74, 6) is 0.723. The first-order chi connectivity index (χ1) is 14.4. The first kappa shape index (κ1) is 20.4. The van der Waals surface area contributed by atoms with Crippen molar-refractivity contribution >= 4 is 12.0 Å². The van der Waals surface area contributed by atoms with Crippen molar-refractivity contribution in [3.63, 3.8) is 0 Å². The van der Waals surface area contributed by atoms with E-state index in [-0.39, 0.29) is 17.9 Å². The van der Waals surface area contributed by atoms with Crippen molar-refractivity contribution in [2.45, 2.75) is 58.5 Å². The summed E-state index contributed by atoms with van der Waals surface area (Å²) in [5, 5.41) is 2.70. The van der Waals surface area contributed by atoms with Crippen LogP contribution in [0.3, 0.4) is 0 Å². The van der Waals surface area contributed by atoms with Crippen LogP contribution in [0.4, 0.5) is 4.79 Å². The van der Waals surface area contributed by atoms with Crippen LogP contribution in [-0.2, 0) is 22.4 Å². The Morgan fingerprint density at radius 1 is 1.30 bits per heavy atom. The molecule has 1 aromatic carbocycles. The number of carbonyl (C=O) groups excluding carboxylic acids is 2. The summed E-state index contributed by atoms with van der Waals surface area (Å²) < 4.78 is 4.71. The lowest BCUT2D eigenvalue weighted by molar-refractivity contribution is -0.135. The number of aromatic nitrogens is 2. The summed E-state index contributed by atoms with van der Waals surface area (Å²) in [7, 11) is 1.31. The lowest BCUT2D eigenvalue weighted by Crippen LogP contribution is -2.51. The Hall–Kier alpha value is -2.83. The largest absolute Gasteiger partial charge is 0.453 e. The molecule has 2 N–H and O–H groups in total. The summed E-state index contributed by atoms with van der Waals surface area (Å²) in [6.07, 6.45) is 3.12. The molecule has 1 aromatic heterocycles. The van der Waals surface area contributed by atoms with Crippen molar-refractivity contribution in [2.24, 2.45) is 5.92 Å². The topological polar surface area (TPSA) is 87.3 Å². The average molecular weight is 411 g/mol. The molecule has 30 heavy (non-hydrogen) atoms. The standard InChI is InChI=1S/C23H30N4O3/c1-13(2)19(26-23(29)30-4)22(28)27-11-5-6-18(27)21-24-17-10-8-15-12-14(3)7-9-16(15)20(17)25-21/h7,9,12-13,18-19H,5-6,8,10-11H2,1-4H3,(H,24,25)(H,26,29)/t18-,19-/m0/s1. The van der Waals surface area contributed by atoms with E-state index in [1.54, 1.807) is 0 Å². The minimum atomic E-state index is -0.619. The molecule has 2 amide bonds. The maximum atomic E-state index is 13.3. The number of nitrogens with zero attached hydrogens (tertiary/aromatic N) is 2. The summed E-state index contributed by atoms with van der Waals surface area (Å²) in [5.41, 5.74) is 5.94. The van der Waals surface area contributed by atoms with Gasteiger partial charge in [0.1, 0.15) is 11.9 Å². The maximum Gasteiger partial charge on any atom is 0.407 e. The Bertz CT molecular complexity index is 965. The second kappa shape index (κ2) is 8.13. The van der Waals surface area contributed by atoms with Crippen LogP contribution in [0, 0.1) is 12.8 Å². The third-order valence-electron chi connectivity index (χ3n) is 6.20. The molecule has 2 aliphatic rings. The second-order valence-corrected chi connectivity index (χ2v) is 8.66. The molecular formula is C23H30N4O3. The highest BCUT2D eigenvalue weighted by Gasteiger charge is 2.38. The number of amides is 2. The number of benzene rings is 1. The fraction of sp³-hybridized carbons (Fsp3) is 0.522. The van der Waals surface area contributed by atoms with E-state index in [1.807, 2.05) is 18.7 Å². The normalized spacial score (nSPS) is 18.7. The van der Waals surface area contributed by atoms with E-state index in [1.165, 1.54) is 23.8 Å². The molecular weight excluding hydrogens is 380 g/mol. The molecule has 0 radical (unpaired) electrons. The Morgan fingerprint density at radius 3 is 2.83 bits per heavy atom. The van der Waals surface area contributed by atoms with Crippen LogP contribution >= 0.6 is 0 Å². The van der Waals surface area contributed by atoms with E-state index in [0.717, 1.165) is 42.9 Å². The number of imidazole rings is 1. The number of carbonyl (C=O) groups is 2. The van der Waals surface area contributed by atoms with Gasteiger partial charge < -0.3 is 19.9 Å². The van der Waals surface area contributed by atoms with Crippen LogP contribution in [0.5, 0.6) is 0 Å². The van der Waals surface area contributed by atoms with Gasteiger partial charge in [-0.15, -0.1) is 0 Å². The summed E-state index contributed by atoms with van der Waals surface area (Å²) >= 11 is 0. The highest BCUT2D eigenvalue weighted by atomic mass is 16.5. The van der Waals surface area contributed by atoms with Gasteiger partial charge in [0, 0.05) is 17.8 Å². The molecule has 4 rings (SSSR count). The van der Waals surface area contributed by atoms with Crippen LogP contribution in [0.2, 0.25) is 0 Å². The van der Waals surface area contributed by atoms with Crippen LogP contribution < -0.4 is 5.32 Å². The predicted octanol–water partition coefficient (Wildman–Crippen LogP) is 3.53. The molecule has 1 fully saturated rings. The van der Waals surface area contributed by atoms with E-state index in [0.29, 0.717) is 6.54 Å². The molecule has 0 spiro atoms. The summed E-state index contributed by atoms with van der Waals surface area (Å²) in [6, 6.07) is 5.80. The first-order valence-electron chi connectivity index (χ1n) is 10.7. The Labute approximate surface area is 177 Å². The molecule has 0 unspecified atom stereocenters. The second-order valence-electron chi connectivity index (χ2n) is 8.66. The van der Waals surface area contributed by atoms with Crippen LogP contribution in [0.1, 0.15) is 55.4 Å². The number of aromatic amines is 1. The molecule has 2 heterocycles.